The lowest BCUT2D eigenvalue weighted by Gasteiger charge is -2.34. The predicted octanol–water partition coefficient (Wildman–Crippen LogP) is 2.19. The number of aromatic nitrogens is 1. The van der Waals surface area contributed by atoms with Crippen molar-refractivity contribution in [2.45, 2.75) is 24.8 Å². The summed E-state index contributed by atoms with van der Waals surface area (Å²) in [4.78, 5) is 0.0702. The van der Waals surface area contributed by atoms with Crippen molar-refractivity contribution in [2.24, 2.45) is 0 Å². The van der Waals surface area contributed by atoms with Crippen molar-refractivity contribution in [3.8, 4) is 0 Å². The average Bonchev–Trinajstić information content (AvgIpc) is 2.87. The van der Waals surface area contributed by atoms with Crippen LogP contribution in [0.3, 0.4) is 0 Å². The van der Waals surface area contributed by atoms with E-state index in [1.807, 2.05) is 0 Å². The van der Waals surface area contributed by atoms with E-state index in [1.54, 1.807) is 26.0 Å². The van der Waals surface area contributed by atoms with Crippen molar-refractivity contribution >= 4 is 10.0 Å². The fraction of sp³-hybridized carbons (Fsp3) is 0.400. The van der Waals surface area contributed by atoms with Crippen molar-refractivity contribution in [3.05, 3.63) is 47.1 Å². The van der Waals surface area contributed by atoms with E-state index in [9.17, 15) is 12.8 Å². The number of aryl methyl sites for hydroxylation is 2. The third kappa shape index (κ3) is 2.89. The van der Waals surface area contributed by atoms with Crippen LogP contribution in [-0.4, -0.2) is 37.6 Å². The molecule has 1 saturated heterocycles. The van der Waals surface area contributed by atoms with Crippen LogP contribution in [0.1, 0.15) is 23.1 Å². The number of rotatable bonds is 3. The molecule has 3 rings (SSSR count). The van der Waals surface area contributed by atoms with Gasteiger partial charge in [-0.15, -0.1) is 0 Å². The molecule has 1 aromatic heterocycles. The first-order chi connectivity index (χ1) is 10.9. The van der Waals surface area contributed by atoms with Gasteiger partial charge in [0.25, 0.3) is 0 Å². The van der Waals surface area contributed by atoms with E-state index in [4.69, 9.17) is 9.26 Å². The maximum Gasteiger partial charge on any atom is 0.249 e. The minimum Gasteiger partial charge on any atom is -0.378 e. The van der Waals surface area contributed by atoms with E-state index in [0.29, 0.717) is 11.3 Å². The average molecular weight is 340 g/mol. The number of sulfonamides is 1. The van der Waals surface area contributed by atoms with E-state index in [2.05, 4.69) is 5.16 Å². The second-order valence-electron chi connectivity index (χ2n) is 5.41. The van der Waals surface area contributed by atoms with Gasteiger partial charge in [0, 0.05) is 6.54 Å². The fourth-order valence-electron chi connectivity index (χ4n) is 2.81. The van der Waals surface area contributed by atoms with Gasteiger partial charge in [-0.2, -0.15) is 4.31 Å². The number of hydrogen-bond donors (Lipinski definition) is 0. The summed E-state index contributed by atoms with van der Waals surface area (Å²) in [6.07, 6.45) is 0. The molecule has 0 bridgehead atoms. The summed E-state index contributed by atoms with van der Waals surface area (Å²) in [5, 5.41) is 3.72. The Morgan fingerprint density at radius 1 is 1.35 bits per heavy atom. The SMILES string of the molecule is Cc1noc(C)c1S(=O)(=O)N1CCOCC1c1cccc(F)c1. The van der Waals surface area contributed by atoms with Crippen LogP contribution in [0.5, 0.6) is 0 Å². The van der Waals surface area contributed by atoms with E-state index >= 15 is 0 Å². The van der Waals surface area contributed by atoms with Crippen LogP contribution in [0.4, 0.5) is 4.39 Å². The molecule has 1 atom stereocenters. The second-order valence-corrected chi connectivity index (χ2v) is 7.24. The molecule has 0 aliphatic carbocycles. The minimum atomic E-state index is -3.82. The molecule has 2 aromatic rings. The second kappa shape index (κ2) is 6.03. The number of ether oxygens (including phenoxy) is 1. The van der Waals surface area contributed by atoms with Gasteiger partial charge in [0.05, 0.1) is 19.3 Å². The summed E-state index contributed by atoms with van der Waals surface area (Å²) in [7, 11) is -3.82. The molecule has 1 unspecified atom stereocenters. The van der Waals surface area contributed by atoms with Crippen LogP contribution in [0.2, 0.25) is 0 Å². The monoisotopic (exact) mass is 340 g/mol. The van der Waals surface area contributed by atoms with E-state index < -0.39 is 21.9 Å². The standard InChI is InChI=1S/C15H17FN2O4S/c1-10-15(11(2)22-17-10)23(19,20)18-6-7-21-9-14(18)12-4-3-5-13(16)8-12/h3-5,8,14H,6-7,9H2,1-2H3. The number of morpholine rings is 1. The molecule has 1 fully saturated rings. The zero-order valence-electron chi connectivity index (χ0n) is 12.8. The summed E-state index contributed by atoms with van der Waals surface area (Å²) >= 11 is 0. The summed E-state index contributed by atoms with van der Waals surface area (Å²) in [5.74, 6) is -0.172. The molecular weight excluding hydrogens is 323 g/mol. The lowest BCUT2D eigenvalue weighted by molar-refractivity contribution is 0.0319. The third-order valence-corrected chi connectivity index (χ3v) is 6.00. The van der Waals surface area contributed by atoms with Crippen LogP contribution in [0.15, 0.2) is 33.7 Å². The topological polar surface area (TPSA) is 72.6 Å². The Morgan fingerprint density at radius 3 is 2.78 bits per heavy atom. The van der Waals surface area contributed by atoms with Crippen LogP contribution in [0, 0.1) is 19.7 Å². The largest absolute Gasteiger partial charge is 0.378 e. The van der Waals surface area contributed by atoms with Gasteiger partial charge >= 0.3 is 0 Å². The molecule has 2 heterocycles. The van der Waals surface area contributed by atoms with E-state index in [0.717, 1.165) is 0 Å². The molecule has 0 N–H and O–H groups in total. The third-order valence-electron chi connectivity index (χ3n) is 3.85. The van der Waals surface area contributed by atoms with Gasteiger partial charge in [-0.1, -0.05) is 17.3 Å². The van der Waals surface area contributed by atoms with E-state index in [-0.39, 0.29) is 30.4 Å². The molecule has 6 nitrogen and oxygen atoms in total. The normalized spacial score (nSPS) is 19.9. The highest BCUT2D eigenvalue weighted by molar-refractivity contribution is 7.89. The summed E-state index contributed by atoms with van der Waals surface area (Å²) < 4.78 is 51.3. The molecule has 0 saturated carbocycles. The molecule has 1 aromatic carbocycles. The molecule has 0 amide bonds. The number of hydrogen-bond acceptors (Lipinski definition) is 5. The lowest BCUT2D eigenvalue weighted by atomic mass is 10.1. The number of halogens is 1. The maximum atomic E-state index is 13.5. The highest BCUT2D eigenvalue weighted by atomic mass is 32.2. The molecule has 1 aliphatic rings. The number of nitrogens with zero attached hydrogens (tertiary/aromatic N) is 2. The van der Waals surface area contributed by atoms with Gasteiger partial charge < -0.3 is 9.26 Å². The maximum absolute atomic E-state index is 13.5. The van der Waals surface area contributed by atoms with Crippen LogP contribution < -0.4 is 0 Å². The smallest absolute Gasteiger partial charge is 0.249 e. The zero-order valence-corrected chi connectivity index (χ0v) is 13.6. The summed E-state index contributed by atoms with van der Waals surface area (Å²) in [5.41, 5.74) is 0.868. The van der Waals surface area contributed by atoms with Crippen molar-refractivity contribution in [2.75, 3.05) is 19.8 Å². The summed E-state index contributed by atoms with van der Waals surface area (Å²) in [6, 6.07) is 5.31. The molecule has 8 heteroatoms. The van der Waals surface area contributed by atoms with Gasteiger partial charge in [0.1, 0.15) is 16.4 Å². The Bertz CT molecular complexity index is 799. The Balaban J connectivity index is 2.05. The van der Waals surface area contributed by atoms with Gasteiger partial charge in [-0.25, -0.2) is 12.8 Å². The highest BCUT2D eigenvalue weighted by Crippen LogP contribution is 2.32. The lowest BCUT2D eigenvalue weighted by Crippen LogP contribution is -2.43. The fourth-order valence-corrected chi connectivity index (χ4v) is 4.69. The summed E-state index contributed by atoms with van der Waals surface area (Å²) in [6.45, 7) is 3.79. The molecule has 0 radical (unpaired) electrons. The van der Waals surface area contributed by atoms with Crippen molar-refractivity contribution in [1.82, 2.24) is 9.46 Å². The first-order valence-electron chi connectivity index (χ1n) is 7.19. The van der Waals surface area contributed by atoms with Crippen molar-refractivity contribution in [1.29, 1.82) is 0 Å². The Kier molecular flexibility index (Phi) is 4.22. The quantitative estimate of drug-likeness (QED) is 0.856. The Morgan fingerprint density at radius 2 is 2.13 bits per heavy atom. The van der Waals surface area contributed by atoms with Gasteiger partial charge in [0.15, 0.2) is 5.76 Å². The van der Waals surface area contributed by atoms with Crippen molar-refractivity contribution in [3.63, 3.8) is 0 Å². The first-order valence-corrected chi connectivity index (χ1v) is 8.63. The number of benzene rings is 1. The Hall–Kier alpha value is -1.77. The zero-order chi connectivity index (χ0) is 16.6. The van der Waals surface area contributed by atoms with Crippen LogP contribution in [0.25, 0.3) is 0 Å². The minimum absolute atomic E-state index is 0.0702. The molecule has 23 heavy (non-hydrogen) atoms. The molecule has 124 valence electrons. The molecular formula is C15H17FN2O4S. The molecule has 0 spiro atoms. The van der Waals surface area contributed by atoms with Gasteiger partial charge in [-0.3, -0.25) is 0 Å². The molecule has 1 aliphatic heterocycles. The van der Waals surface area contributed by atoms with Crippen LogP contribution >= 0.6 is 0 Å². The van der Waals surface area contributed by atoms with Crippen LogP contribution in [-0.2, 0) is 14.8 Å². The first kappa shape index (κ1) is 16.1. The highest BCUT2D eigenvalue weighted by Gasteiger charge is 2.38. The van der Waals surface area contributed by atoms with E-state index in [1.165, 1.54) is 16.4 Å². The predicted molar refractivity (Wildman–Crippen MR) is 79.8 cm³/mol. The van der Waals surface area contributed by atoms with Crippen molar-refractivity contribution < 1.29 is 22.1 Å². The van der Waals surface area contributed by atoms with Gasteiger partial charge in [0.2, 0.25) is 10.0 Å². The Labute approximate surface area is 133 Å². The van der Waals surface area contributed by atoms with Gasteiger partial charge in [-0.05, 0) is 31.5 Å².